The molecule has 110 valence electrons. The van der Waals surface area contributed by atoms with Gasteiger partial charge in [0.15, 0.2) is 0 Å². The van der Waals surface area contributed by atoms with E-state index in [0.29, 0.717) is 6.61 Å². The van der Waals surface area contributed by atoms with Crippen molar-refractivity contribution in [1.82, 2.24) is 9.78 Å². The van der Waals surface area contributed by atoms with Crippen molar-refractivity contribution in [2.75, 3.05) is 24.6 Å². The van der Waals surface area contributed by atoms with Crippen LogP contribution in [0.5, 0.6) is 0 Å². The van der Waals surface area contributed by atoms with Gasteiger partial charge in [-0.1, -0.05) is 6.92 Å². The third-order valence-electron chi connectivity index (χ3n) is 3.52. The van der Waals surface area contributed by atoms with E-state index in [2.05, 4.69) is 16.9 Å². The van der Waals surface area contributed by atoms with Gasteiger partial charge in [0, 0.05) is 31.8 Å². The molecule has 1 aromatic rings. The molecule has 1 unspecified atom stereocenters. The van der Waals surface area contributed by atoms with E-state index in [1.165, 1.54) is 0 Å². The summed E-state index contributed by atoms with van der Waals surface area (Å²) < 4.78 is 7.49. The third-order valence-corrected chi connectivity index (χ3v) is 3.52. The molecule has 1 saturated heterocycles. The fourth-order valence-electron chi connectivity index (χ4n) is 2.55. The Hall–Kier alpha value is -1.82. The van der Waals surface area contributed by atoms with Crippen LogP contribution in [0, 0.1) is 6.92 Å². The Morgan fingerprint density at radius 1 is 1.60 bits per heavy atom. The van der Waals surface area contributed by atoms with Crippen LogP contribution in [0.3, 0.4) is 0 Å². The number of morpholine rings is 1. The molecule has 1 N–H and O–H groups in total. The molecule has 1 fully saturated rings. The minimum Gasteiger partial charge on any atom is -0.478 e. The summed E-state index contributed by atoms with van der Waals surface area (Å²) in [6, 6.07) is 0. The van der Waals surface area contributed by atoms with Crippen LogP contribution in [0.15, 0.2) is 6.08 Å². The third kappa shape index (κ3) is 3.01. The van der Waals surface area contributed by atoms with Gasteiger partial charge >= 0.3 is 5.97 Å². The SMILES string of the molecule is CCC1CN(c2c(/C=C/C(=O)O)c(C)nn2C)CCO1. The molecule has 1 atom stereocenters. The highest BCUT2D eigenvalue weighted by atomic mass is 16.5. The van der Waals surface area contributed by atoms with Crippen molar-refractivity contribution in [2.45, 2.75) is 26.4 Å². The van der Waals surface area contributed by atoms with Gasteiger partial charge in [-0.05, 0) is 19.4 Å². The zero-order chi connectivity index (χ0) is 14.7. The summed E-state index contributed by atoms with van der Waals surface area (Å²) in [7, 11) is 1.89. The number of hydrogen-bond donors (Lipinski definition) is 1. The number of carboxylic acids is 1. The van der Waals surface area contributed by atoms with E-state index in [1.54, 1.807) is 6.08 Å². The number of ether oxygens (including phenoxy) is 1. The van der Waals surface area contributed by atoms with Crippen LogP contribution in [0.4, 0.5) is 5.82 Å². The van der Waals surface area contributed by atoms with E-state index < -0.39 is 5.97 Å². The second kappa shape index (κ2) is 6.09. The number of rotatable bonds is 4. The van der Waals surface area contributed by atoms with E-state index in [0.717, 1.165) is 42.7 Å². The van der Waals surface area contributed by atoms with Gasteiger partial charge in [-0.2, -0.15) is 5.10 Å². The minimum atomic E-state index is -0.951. The quantitative estimate of drug-likeness (QED) is 0.845. The monoisotopic (exact) mass is 279 g/mol. The lowest BCUT2D eigenvalue weighted by Gasteiger charge is -2.34. The summed E-state index contributed by atoms with van der Waals surface area (Å²) in [4.78, 5) is 13.0. The molecule has 6 nitrogen and oxygen atoms in total. The van der Waals surface area contributed by atoms with Crippen LogP contribution in [0.1, 0.15) is 24.6 Å². The molecular formula is C14H21N3O3. The van der Waals surface area contributed by atoms with Crippen molar-refractivity contribution in [3.8, 4) is 0 Å². The first-order valence-electron chi connectivity index (χ1n) is 6.84. The second-order valence-corrected chi connectivity index (χ2v) is 4.96. The first-order chi connectivity index (χ1) is 9.52. The number of hydrogen-bond acceptors (Lipinski definition) is 4. The molecule has 0 bridgehead atoms. The predicted octanol–water partition coefficient (Wildman–Crippen LogP) is 1.44. The van der Waals surface area contributed by atoms with Gasteiger partial charge in [-0.25, -0.2) is 4.79 Å². The Kier molecular flexibility index (Phi) is 4.44. The molecule has 20 heavy (non-hydrogen) atoms. The maximum absolute atomic E-state index is 10.7. The van der Waals surface area contributed by atoms with Crippen molar-refractivity contribution in [3.63, 3.8) is 0 Å². The molecular weight excluding hydrogens is 258 g/mol. The van der Waals surface area contributed by atoms with Gasteiger partial charge in [-0.3, -0.25) is 4.68 Å². The first-order valence-corrected chi connectivity index (χ1v) is 6.84. The van der Waals surface area contributed by atoms with Crippen molar-refractivity contribution >= 4 is 17.9 Å². The van der Waals surface area contributed by atoms with Gasteiger partial charge in [0.2, 0.25) is 0 Å². The molecule has 0 spiro atoms. The highest BCUT2D eigenvalue weighted by Gasteiger charge is 2.24. The van der Waals surface area contributed by atoms with E-state index in [9.17, 15) is 4.79 Å². The zero-order valence-electron chi connectivity index (χ0n) is 12.2. The van der Waals surface area contributed by atoms with E-state index in [-0.39, 0.29) is 6.10 Å². The Bertz CT molecular complexity index is 522. The van der Waals surface area contributed by atoms with Gasteiger partial charge in [0.1, 0.15) is 5.82 Å². The summed E-state index contributed by atoms with van der Waals surface area (Å²) in [6.07, 6.45) is 3.96. The molecule has 2 rings (SSSR count). The predicted molar refractivity (Wildman–Crippen MR) is 76.9 cm³/mol. The fourth-order valence-corrected chi connectivity index (χ4v) is 2.55. The normalized spacial score (nSPS) is 19.8. The minimum absolute atomic E-state index is 0.218. The largest absolute Gasteiger partial charge is 0.478 e. The molecule has 0 aliphatic carbocycles. The topological polar surface area (TPSA) is 67.6 Å². The molecule has 6 heteroatoms. The Morgan fingerprint density at radius 3 is 3.00 bits per heavy atom. The summed E-state index contributed by atoms with van der Waals surface area (Å²) in [5, 5.41) is 13.2. The second-order valence-electron chi connectivity index (χ2n) is 4.96. The highest BCUT2D eigenvalue weighted by Crippen LogP contribution is 2.26. The van der Waals surface area contributed by atoms with Crippen molar-refractivity contribution < 1.29 is 14.6 Å². The zero-order valence-corrected chi connectivity index (χ0v) is 12.2. The van der Waals surface area contributed by atoms with Gasteiger partial charge in [0.25, 0.3) is 0 Å². The summed E-state index contributed by atoms with van der Waals surface area (Å²) >= 11 is 0. The standard InChI is InChI=1S/C14H21N3O3/c1-4-11-9-17(7-8-20-11)14-12(5-6-13(18)19)10(2)15-16(14)3/h5-6,11H,4,7-9H2,1-3H3,(H,18,19)/b6-5+. The summed E-state index contributed by atoms with van der Waals surface area (Å²) in [6.45, 7) is 6.29. The van der Waals surface area contributed by atoms with E-state index >= 15 is 0 Å². The molecule has 1 aliphatic rings. The maximum atomic E-state index is 10.7. The number of aliphatic carboxylic acids is 1. The number of carbonyl (C=O) groups is 1. The highest BCUT2D eigenvalue weighted by molar-refractivity contribution is 5.87. The van der Waals surface area contributed by atoms with Crippen LogP contribution < -0.4 is 4.90 Å². The maximum Gasteiger partial charge on any atom is 0.328 e. The van der Waals surface area contributed by atoms with Crippen molar-refractivity contribution in [2.24, 2.45) is 7.05 Å². The lowest BCUT2D eigenvalue weighted by Crippen LogP contribution is -2.43. The Labute approximate surface area is 118 Å². The van der Waals surface area contributed by atoms with Gasteiger partial charge in [-0.15, -0.1) is 0 Å². The van der Waals surface area contributed by atoms with Crippen molar-refractivity contribution in [3.05, 3.63) is 17.3 Å². The van der Waals surface area contributed by atoms with Gasteiger partial charge in [0.05, 0.1) is 18.4 Å². The summed E-state index contributed by atoms with van der Waals surface area (Å²) in [5.41, 5.74) is 1.70. The number of anilines is 1. The van der Waals surface area contributed by atoms with Crippen molar-refractivity contribution in [1.29, 1.82) is 0 Å². The van der Waals surface area contributed by atoms with Crippen LogP contribution in [-0.2, 0) is 16.6 Å². The smallest absolute Gasteiger partial charge is 0.328 e. The fraction of sp³-hybridized carbons (Fsp3) is 0.571. The van der Waals surface area contributed by atoms with Gasteiger partial charge < -0.3 is 14.7 Å². The van der Waals surface area contributed by atoms with Crippen LogP contribution in [0.25, 0.3) is 6.08 Å². The molecule has 0 radical (unpaired) electrons. The molecule has 1 aliphatic heterocycles. The van der Waals surface area contributed by atoms with Crippen LogP contribution in [-0.4, -0.2) is 46.7 Å². The van der Waals surface area contributed by atoms with Crippen LogP contribution >= 0.6 is 0 Å². The number of carboxylic acid groups (broad SMARTS) is 1. The number of aryl methyl sites for hydroxylation is 2. The van der Waals surface area contributed by atoms with E-state index in [1.807, 2.05) is 18.7 Å². The molecule has 1 aromatic heterocycles. The molecule has 2 heterocycles. The molecule has 0 amide bonds. The summed E-state index contributed by atoms with van der Waals surface area (Å²) in [5.74, 6) is 0.00867. The lowest BCUT2D eigenvalue weighted by molar-refractivity contribution is -0.131. The van der Waals surface area contributed by atoms with E-state index in [4.69, 9.17) is 9.84 Å². The van der Waals surface area contributed by atoms with Crippen LogP contribution in [0.2, 0.25) is 0 Å². The number of aromatic nitrogens is 2. The average molecular weight is 279 g/mol. The molecule has 0 aromatic carbocycles. The lowest BCUT2D eigenvalue weighted by atomic mass is 10.1. The first kappa shape index (κ1) is 14.6. The average Bonchev–Trinajstić information content (AvgIpc) is 2.70. The Morgan fingerprint density at radius 2 is 2.35 bits per heavy atom. The molecule has 0 saturated carbocycles. The Balaban J connectivity index is 2.32. The number of nitrogens with zero attached hydrogens (tertiary/aromatic N) is 3.